The Morgan fingerprint density at radius 1 is 1.53 bits per heavy atom. The summed E-state index contributed by atoms with van der Waals surface area (Å²) >= 11 is 5.90. The van der Waals surface area contributed by atoms with E-state index in [0.717, 1.165) is 0 Å². The van der Waals surface area contributed by atoms with E-state index in [0.29, 0.717) is 30.1 Å². The second-order valence-corrected chi connectivity index (χ2v) is 3.43. The van der Waals surface area contributed by atoms with Crippen LogP contribution >= 0.6 is 11.6 Å². The molecule has 3 N–H and O–H groups in total. The topological polar surface area (TPSA) is 73.9 Å². The standard InChI is InChI=1S/C9H10ClNO4/c10-7-8(12)5(1-2-15-11)3-6-9(7)14-4-13-6/h3,12H,1-2,4,11H2. The number of phenolic OH excluding ortho intramolecular Hbond substituents is 1. The van der Waals surface area contributed by atoms with Crippen LogP contribution in [0.5, 0.6) is 17.2 Å². The van der Waals surface area contributed by atoms with Crippen LogP contribution in [0.2, 0.25) is 5.02 Å². The molecule has 6 heteroatoms. The predicted molar refractivity (Wildman–Crippen MR) is 53.1 cm³/mol. The number of ether oxygens (including phenoxy) is 2. The van der Waals surface area contributed by atoms with E-state index in [2.05, 4.69) is 4.84 Å². The van der Waals surface area contributed by atoms with Gasteiger partial charge >= 0.3 is 0 Å². The van der Waals surface area contributed by atoms with Gasteiger partial charge in [-0.15, -0.1) is 0 Å². The van der Waals surface area contributed by atoms with E-state index in [1.165, 1.54) is 0 Å². The molecule has 5 nitrogen and oxygen atoms in total. The Morgan fingerprint density at radius 3 is 3.07 bits per heavy atom. The molecule has 1 aromatic rings. The lowest BCUT2D eigenvalue weighted by atomic mass is 10.1. The fraction of sp³-hybridized carbons (Fsp3) is 0.333. The minimum atomic E-state index is -0.0158. The maximum atomic E-state index is 9.72. The summed E-state index contributed by atoms with van der Waals surface area (Å²) in [6.45, 7) is 0.412. The van der Waals surface area contributed by atoms with Crippen LogP contribution < -0.4 is 15.4 Å². The van der Waals surface area contributed by atoms with E-state index >= 15 is 0 Å². The van der Waals surface area contributed by atoms with Crippen LogP contribution in [0.25, 0.3) is 0 Å². The minimum absolute atomic E-state index is 0.0158. The van der Waals surface area contributed by atoms with Crippen LogP contribution in [0.15, 0.2) is 6.07 Å². The molecular weight excluding hydrogens is 222 g/mol. The molecule has 2 rings (SSSR count). The van der Waals surface area contributed by atoms with Crippen molar-refractivity contribution in [2.24, 2.45) is 5.90 Å². The van der Waals surface area contributed by atoms with Crippen LogP contribution in [0, 0.1) is 0 Å². The quantitative estimate of drug-likeness (QED) is 0.765. The van der Waals surface area contributed by atoms with Gasteiger partial charge in [-0.25, -0.2) is 5.90 Å². The molecule has 0 unspecified atom stereocenters. The van der Waals surface area contributed by atoms with Gasteiger partial charge in [0.2, 0.25) is 6.79 Å². The number of nitrogens with two attached hydrogens (primary N) is 1. The third-order valence-corrected chi connectivity index (χ3v) is 2.50. The molecule has 0 aromatic heterocycles. The van der Waals surface area contributed by atoms with Crippen LogP contribution in [-0.2, 0) is 11.3 Å². The number of halogens is 1. The smallest absolute Gasteiger partial charge is 0.231 e. The van der Waals surface area contributed by atoms with Crippen molar-refractivity contribution in [1.82, 2.24) is 0 Å². The Balaban J connectivity index is 2.36. The van der Waals surface area contributed by atoms with Gasteiger partial charge in [-0.1, -0.05) is 11.6 Å². The molecule has 1 aliphatic heterocycles. The zero-order valence-corrected chi connectivity index (χ0v) is 8.58. The summed E-state index contributed by atoms with van der Waals surface area (Å²) in [7, 11) is 0. The number of aromatic hydroxyl groups is 1. The Labute approximate surface area is 91.3 Å². The Hall–Kier alpha value is -1.17. The first-order valence-corrected chi connectivity index (χ1v) is 4.73. The van der Waals surface area contributed by atoms with Gasteiger partial charge in [0.1, 0.15) is 10.8 Å². The molecule has 1 heterocycles. The largest absolute Gasteiger partial charge is 0.506 e. The first kappa shape index (κ1) is 10.4. The number of rotatable bonds is 3. The third-order valence-electron chi connectivity index (χ3n) is 2.15. The molecule has 0 amide bonds. The molecule has 0 radical (unpaired) electrons. The Kier molecular flexibility index (Phi) is 2.86. The molecule has 82 valence electrons. The van der Waals surface area contributed by atoms with Crippen molar-refractivity contribution in [2.75, 3.05) is 13.4 Å². The van der Waals surface area contributed by atoms with Gasteiger partial charge in [0, 0.05) is 12.0 Å². The highest BCUT2D eigenvalue weighted by Gasteiger charge is 2.22. The molecule has 0 saturated carbocycles. The van der Waals surface area contributed by atoms with Gasteiger partial charge in [-0.2, -0.15) is 0 Å². The molecule has 0 atom stereocenters. The first-order chi connectivity index (χ1) is 7.24. The summed E-state index contributed by atoms with van der Waals surface area (Å²) in [4.78, 5) is 4.43. The molecule has 1 aromatic carbocycles. The SMILES string of the molecule is NOCCc1cc2c(c(Cl)c1O)OCO2. The van der Waals surface area contributed by atoms with Gasteiger partial charge in [0.15, 0.2) is 11.5 Å². The predicted octanol–water partition coefficient (Wildman–Crippen LogP) is 1.21. The zero-order valence-electron chi connectivity index (χ0n) is 7.83. The lowest BCUT2D eigenvalue weighted by molar-refractivity contribution is 0.140. The maximum Gasteiger partial charge on any atom is 0.231 e. The summed E-state index contributed by atoms with van der Waals surface area (Å²) in [5.74, 6) is 5.80. The minimum Gasteiger partial charge on any atom is -0.506 e. The van der Waals surface area contributed by atoms with Crippen molar-refractivity contribution in [1.29, 1.82) is 0 Å². The number of hydrogen-bond donors (Lipinski definition) is 2. The van der Waals surface area contributed by atoms with Crippen molar-refractivity contribution < 1.29 is 19.4 Å². The van der Waals surface area contributed by atoms with E-state index < -0.39 is 0 Å². The van der Waals surface area contributed by atoms with E-state index in [9.17, 15) is 5.11 Å². The zero-order chi connectivity index (χ0) is 10.8. The Morgan fingerprint density at radius 2 is 2.33 bits per heavy atom. The summed E-state index contributed by atoms with van der Waals surface area (Å²) in [5.41, 5.74) is 0.620. The molecule has 0 spiro atoms. The van der Waals surface area contributed by atoms with Crippen molar-refractivity contribution >= 4 is 11.6 Å². The molecule has 0 fully saturated rings. The van der Waals surface area contributed by atoms with Gasteiger partial charge < -0.3 is 19.4 Å². The lowest BCUT2D eigenvalue weighted by Crippen LogP contribution is -2.03. The van der Waals surface area contributed by atoms with Crippen LogP contribution in [0.1, 0.15) is 5.56 Å². The van der Waals surface area contributed by atoms with Gasteiger partial charge in [-0.3, -0.25) is 0 Å². The average Bonchev–Trinajstić information content (AvgIpc) is 2.69. The van der Waals surface area contributed by atoms with Crippen molar-refractivity contribution in [3.05, 3.63) is 16.7 Å². The monoisotopic (exact) mass is 231 g/mol. The lowest BCUT2D eigenvalue weighted by Gasteiger charge is -2.07. The van der Waals surface area contributed by atoms with Gasteiger partial charge in [0.05, 0.1) is 6.61 Å². The van der Waals surface area contributed by atoms with Gasteiger partial charge in [0.25, 0.3) is 0 Å². The van der Waals surface area contributed by atoms with E-state index in [1.807, 2.05) is 0 Å². The van der Waals surface area contributed by atoms with Gasteiger partial charge in [-0.05, 0) is 6.07 Å². The van der Waals surface area contributed by atoms with Crippen molar-refractivity contribution in [3.63, 3.8) is 0 Å². The number of hydrogen-bond acceptors (Lipinski definition) is 5. The Bertz CT molecular complexity index is 383. The van der Waals surface area contributed by atoms with Crippen molar-refractivity contribution in [3.8, 4) is 17.2 Å². The maximum absolute atomic E-state index is 9.72. The molecule has 0 bridgehead atoms. The van der Waals surface area contributed by atoms with E-state index in [1.54, 1.807) is 6.07 Å². The third kappa shape index (κ3) is 1.81. The number of benzene rings is 1. The molecule has 15 heavy (non-hydrogen) atoms. The average molecular weight is 232 g/mol. The summed E-state index contributed by atoms with van der Waals surface area (Å²) < 4.78 is 10.3. The molecule has 1 aliphatic rings. The van der Waals surface area contributed by atoms with E-state index in [-0.39, 0.29) is 17.6 Å². The fourth-order valence-corrected chi connectivity index (χ4v) is 1.67. The number of fused-ring (bicyclic) bond motifs is 1. The summed E-state index contributed by atoms with van der Waals surface area (Å²) in [6, 6.07) is 1.67. The highest BCUT2D eigenvalue weighted by molar-refractivity contribution is 6.34. The second-order valence-electron chi connectivity index (χ2n) is 3.05. The summed E-state index contributed by atoms with van der Waals surface area (Å²) in [5, 5.41) is 9.89. The fourth-order valence-electron chi connectivity index (χ4n) is 1.40. The molecule has 0 aliphatic carbocycles. The summed E-state index contributed by atoms with van der Waals surface area (Å²) in [6.07, 6.45) is 0.457. The van der Waals surface area contributed by atoms with Crippen LogP contribution in [0.3, 0.4) is 0 Å². The molecule has 0 saturated heterocycles. The second kappa shape index (κ2) is 4.14. The van der Waals surface area contributed by atoms with Crippen LogP contribution in [-0.4, -0.2) is 18.5 Å². The molecular formula is C9H10ClNO4. The van der Waals surface area contributed by atoms with E-state index in [4.69, 9.17) is 27.0 Å². The van der Waals surface area contributed by atoms with Crippen molar-refractivity contribution in [2.45, 2.75) is 6.42 Å². The van der Waals surface area contributed by atoms with Crippen LogP contribution in [0.4, 0.5) is 0 Å². The first-order valence-electron chi connectivity index (χ1n) is 4.35. The highest BCUT2D eigenvalue weighted by atomic mass is 35.5. The highest BCUT2D eigenvalue weighted by Crippen LogP contribution is 2.46. The number of phenols is 1. The normalized spacial score (nSPS) is 13.2.